The molecule has 0 heterocycles. The predicted molar refractivity (Wildman–Crippen MR) is 261 cm³/mol. The monoisotopic (exact) mass is 1000 g/mol. The van der Waals surface area contributed by atoms with Crippen molar-refractivity contribution in [3.05, 3.63) is 97.2 Å². The van der Waals surface area contributed by atoms with Gasteiger partial charge in [0, 0.05) is 12.8 Å². The van der Waals surface area contributed by atoms with Crippen molar-refractivity contribution in [3.8, 4) is 0 Å². The summed E-state index contributed by atoms with van der Waals surface area (Å²) in [5.74, 6) is -1.36. The Kier molecular flexibility index (Phi) is 35.7. The molecule has 0 aliphatic heterocycles. The third-order valence-corrected chi connectivity index (χ3v) is 11.7. The van der Waals surface area contributed by atoms with E-state index in [1.54, 1.807) is 12.2 Å². The van der Waals surface area contributed by atoms with Crippen LogP contribution in [0.3, 0.4) is 0 Å². The third kappa shape index (κ3) is 32.6. The van der Waals surface area contributed by atoms with Crippen LogP contribution in [0.2, 0.25) is 0 Å². The molecule has 1 rings (SSSR count). The molecule has 0 spiro atoms. The summed E-state index contributed by atoms with van der Waals surface area (Å²) in [5, 5.41) is 51.3. The summed E-state index contributed by atoms with van der Waals surface area (Å²) in [6.07, 6.45) is 31.1. The normalized spacial score (nSPS) is 22.6. The van der Waals surface area contributed by atoms with Gasteiger partial charge in [0.1, 0.15) is 43.2 Å². The van der Waals surface area contributed by atoms with Crippen LogP contribution in [-0.4, -0.2) is 114 Å². The topological polar surface area (TPSA) is 276 Å². The summed E-state index contributed by atoms with van der Waals surface area (Å²) in [6.45, 7) is 2.81. The maximum Gasteiger partial charge on any atom is 0.472 e. The van der Waals surface area contributed by atoms with Gasteiger partial charge >= 0.3 is 27.6 Å². The summed E-state index contributed by atoms with van der Waals surface area (Å²) >= 11 is 0. The molecule has 0 bridgehead atoms. The second-order valence-electron chi connectivity index (χ2n) is 16.3. The quantitative estimate of drug-likeness (QED) is 0.00953. The molecule has 68 heavy (non-hydrogen) atoms. The second-order valence-corrected chi connectivity index (χ2v) is 18.9. The minimum Gasteiger partial charge on any atom is -0.462 e. The van der Waals surface area contributed by atoms with Gasteiger partial charge in [-0.2, -0.15) is 0 Å². The van der Waals surface area contributed by atoms with E-state index in [2.05, 4.69) is 54.8 Å². The van der Waals surface area contributed by atoms with Crippen LogP contribution >= 0.6 is 15.6 Å². The Morgan fingerprint density at radius 3 is 1.74 bits per heavy atom. The minimum absolute atomic E-state index is 0.00359. The molecule has 0 saturated heterocycles. The van der Waals surface area contributed by atoms with Crippen molar-refractivity contribution < 1.29 is 82.0 Å². The highest BCUT2D eigenvalue weighted by Gasteiger charge is 2.54. The fraction of sp³-hybridized carbons (Fsp3) is 0.633. The molecule has 0 aromatic rings. The maximum atomic E-state index is 13.0. The number of hydrogen-bond donors (Lipinski definition) is 8. The number of allylic oxidation sites excluding steroid dienone is 14. The molecule has 1 saturated carbocycles. The molecule has 1 aliphatic carbocycles. The SMILES string of the molecule is CC/C=C\C/C=C\CC(O)/C=C/C=C\C/C=C\C/C=C\CCC(=O)OC[C@H](COP(=O)(O)O[C@H]1C(O)C(O)C(O)[C@@H](OP(=O)(O)O)C1O)OC(=O)CCCCCCC/C=C\C/C=C\CCCCC. The lowest BCUT2D eigenvalue weighted by Crippen LogP contribution is -2.64. The summed E-state index contributed by atoms with van der Waals surface area (Å²) in [6, 6.07) is 0. The molecular weight excluding hydrogens is 922 g/mol. The largest absolute Gasteiger partial charge is 0.472 e. The van der Waals surface area contributed by atoms with E-state index in [1.807, 2.05) is 48.6 Å². The van der Waals surface area contributed by atoms with E-state index in [1.165, 1.54) is 19.3 Å². The van der Waals surface area contributed by atoms with E-state index in [9.17, 15) is 58.9 Å². The van der Waals surface area contributed by atoms with Crippen molar-refractivity contribution in [2.45, 2.75) is 185 Å². The van der Waals surface area contributed by atoms with Crippen LogP contribution in [0.25, 0.3) is 0 Å². The first kappa shape index (κ1) is 62.9. The Morgan fingerprint density at radius 2 is 1.10 bits per heavy atom. The van der Waals surface area contributed by atoms with Crippen molar-refractivity contribution in [2.75, 3.05) is 13.2 Å². The van der Waals surface area contributed by atoms with E-state index in [0.717, 1.165) is 57.8 Å². The van der Waals surface area contributed by atoms with Crippen LogP contribution in [-0.2, 0) is 41.8 Å². The molecule has 0 amide bonds. The Morgan fingerprint density at radius 1 is 0.559 bits per heavy atom. The van der Waals surface area contributed by atoms with Crippen LogP contribution in [0.1, 0.15) is 136 Å². The van der Waals surface area contributed by atoms with Gasteiger partial charge < -0.3 is 49.7 Å². The molecule has 19 heteroatoms. The summed E-state index contributed by atoms with van der Waals surface area (Å²) in [7, 11) is -10.7. The van der Waals surface area contributed by atoms with E-state index in [4.69, 9.17) is 18.5 Å². The number of carbonyl (C=O) groups is 2. The molecule has 8 N–H and O–H groups in total. The first-order chi connectivity index (χ1) is 32.5. The predicted octanol–water partition coefficient (Wildman–Crippen LogP) is 8.14. The van der Waals surface area contributed by atoms with Gasteiger partial charge in [-0.3, -0.25) is 23.2 Å². The molecule has 0 aromatic heterocycles. The molecule has 0 aromatic carbocycles. The number of rotatable bonds is 38. The van der Waals surface area contributed by atoms with Crippen LogP contribution in [0.15, 0.2) is 97.2 Å². The summed E-state index contributed by atoms with van der Waals surface area (Å²) < 4.78 is 49.2. The van der Waals surface area contributed by atoms with Crippen LogP contribution < -0.4 is 0 Å². The van der Waals surface area contributed by atoms with Gasteiger partial charge in [0.15, 0.2) is 6.10 Å². The highest BCUT2D eigenvalue weighted by molar-refractivity contribution is 7.47. The summed E-state index contributed by atoms with van der Waals surface area (Å²) in [5.41, 5.74) is 0. The molecule has 1 aliphatic rings. The van der Waals surface area contributed by atoms with Gasteiger partial charge in [-0.05, 0) is 77.0 Å². The van der Waals surface area contributed by atoms with Gasteiger partial charge in [0.25, 0.3) is 0 Å². The van der Waals surface area contributed by atoms with Gasteiger partial charge in [-0.25, -0.2) is 9.13 Å². The third-order valence-electron chi connectivity index (χ3n) is 10.2. The average Bonchev–Trinajstić information content (AvgIpc) is 3.29. The van der Waals surface area contributed by atoms with Crippen molar-refractivity contribution in [1.29, 1.82) is 0 Å². The number of unbranched alkanes of at least 4 members (excludes halogenated alkanes) is 8. The number of carbonyl (C=O) groups excluding carboxylic acids is 2. The lowest BCUT2D eigenvalue weighted by Gasteiger charge is -2.43. The zero-order valence-electron chi connectivity index (χ0n) is 39.9. The number of ether oxygens (including phenoxy) is 2. The average molecular weight is 1000 g/mol. The fourth-order valence-electron chi connectivity index (χ4n) is 6.52. The number of phosphoric acid groups is 2. The van der Waals surface area contributed by atoms with Crippen LogP contribution in [0.5, 0.6) is 0 Å². The fourth-order valence-corrected chi connectivity index (χ4v) is 8.06. The van der Waals surface area contributed by atoms with Crippen molar-refractivity contribution in [3.63, 3.8) is 0 Å². The van der Waals surface area contributed by atoms with E-state index in [-0.39, 0.29) is 12.8 Å². The molecule has 1 fully saturated rings. The highest BCUT2D eigenvalue weighted by Crippen LogP contribution is 2.49. The Balaban J connectivity index is 2.67. The number of aliphatic hydroxyl groups excluding tert-OH is 5. The van der Waals surface area contributed by atoms with Gasteiger partial charge in [-0.1, -0.05) is 143 Å². The minimum atomic E-state index is -5.38. The smallest absolute Gasteiger partial charge is 0.462 e. The molecule has 0 radical (unpaired) electrons. The number of phosphoric ester groups is 2. The second kappa shape index (κ2) is 38.6. The van der Waals surface area contributed by atoms with E-state index in [0.29, 0.717) is 32.1 Å². The van der Waals surface area contributed by atoms with Gasteiger partial charge in [-0.15, -0.1) is 0 Å². The molecule has 6 unspecified atom stereocenters. The van der Waals surface area contributed by atoms with Gasteiger partial charge in [0.2, 0.25) is 0 Å². The van der Waals surface area contributed by atoms with Crippen LogP contribution in [0, 0.1) is 0 Å². The zero-order chi connectivity index (χ0) is 50.5. The van der Waals surface area contributed by atoms with Crippen molar-refractivity contribution in [2.24, 2.45) is 0 Å². The van der Waals surface area contributed by atoms with Gasteiger partial charge in [0.05, 0.1) is 12.7 Å². The number of aliphatic hydroxyl groups is 5. The van der Waals surface area contributed by atoms with E-state index < -0.39 is 89.6 Å². The number of hydrogen-bond acceptors (Lipinski definition) is 14. The summed E-state index contributed by atoms with van der Waals surface area (Å²) in [4.78, 5) is 54.3. The molecule has 17 nitrogen and oxygen atoms in total. The lowest BCUT2D eigenvalue weighted by molar-refractivity contribution is -0.216. The van der Waals surface area contributed by atoms with Crippen molar-refractivity contribution in [1.82, 2.24) is 0 Å². The molecule has 9 atom stereocenters. The Bertz CT molecular complexity index is 1700. The van der Waals surface area contributed by atoms with Crippen molar-refractivity contribution >= 4 is 27.6 Å². The highest BCUT2D eigenvalue weighted by atomic mass is 31.2. The lowest BCUT2D eigenvalue weighted by atomic mass is 9.85. The first-order valence-electron chi connectivity index (χ1n) is 23.9. The molecular formula is C49H80O17P2. The Labute approximate surface area is 403 Å². The number of esters is 2. The first-order valence-corrected chi connectivity index (χ1v) is 26.9. The maximum absolute atomic E-state index is 13.0. The standard InChI is InChI=1S/C49H80O17P2/c1-3-5-7-9-11-12-13-14-15-16-17-22-25-29-33-37-43(52)64-41(39-63-68(60,61)66-49-46(55)44(53)45(54)48(47(49)56)65-67(57,58)59)38-62-42(51)36-32-28-24-21-19-18-20-23-27-31-35-40(50)34-30-26-10-8-6-4-2/h6,8,11-12,14-15,18-19,23-24,26-28,30-31,35,40-41,44-50,53-56H,3-5,7,9-10,13,16-17,20-22,25,29,32-34,36-39H2,1-2H3,(H,60,61)(H2,57,58,59)/b8-6-,12-11-,15-14-,19-18-,27-23-,28-24-,30-26-,35-31+/t40?,41-,44?,45?,46?,47?,48-,49+/m1/s1. The van der Waals surface area contributed by atoms with E-state index >= 15 is 0 Å². The molecule has 388 valence electrons. The Hall–Kier alpha value is -3.12. The van der Waals surface area contributed by atoms with Crippen LogP contribution in [0.4, 0.5) is 0 Å². The zero-order valence-corrected chi connectivity index (χ0v) is 41.6.